The number of carbonyl (C=O) groups excluding carboxylic acids is 2. The summed E-state index contributed by atoms with van der Waals surface area (Å²) in [5, 5.41) is 85.9. The van der Waals surface area contributed by atoms with E-state index in [0.29, 0.717) is 6.29 Å². The fourth-order valence-corrected chi connectivity index (χ4v) is 4.99. The van der Waals surface area contributed by atoms with Crippen molar-refractivity contribution in [3.05, 3.63) is 71.3 Å². The van der Waals surface area contributed by atoms with Crippen LogP contribution < -0.4 is 0 Å². The Morgan fingerprint density at radius 3 is 1.92 bits per heavy atom. The lowest BCUT2D eigenvalue weighted by molar-refractivity contribution is -0.438. The molecule has 2 heterocycles. The van der Waals surface area contributed by atoms with E-state index in [1.807, 2.05) is 0 Å². The lowest BCUT2D eigenvalue weighted by Crippen LogP contribution is -2.75. The SMILES string of the molecule is O=Cc1ccc([C@@]2(O)O[C@H](CO)[C@@H](O[C@]3(c4ccccc4)O[C@H](CO)[C@@H](O)[C@H](O)[C@]3(O)C=O)[C@H](O)[C@H]2O)cc1. The maximum atomic E-state index is 12.3. The molecule has 39 heavy (non-hydrogen) atoms. The van der Waals surface area contributed by atoms with Crippen LogP contribution in [0.5, 0.6) is 0 Å². The van der Waals surface area contributed by atoms with Gasteiger partial charge in [-0.2, -0.15) is 0 Å². The van der Waals surface area contributed by atoms with Crippen molar-refractivity contribution in [1.82, 2.24) is 0 Å². The van der Waals surface area contributed by atoms with E-state index in [1.54, 1.807) is 6.07 Å². The molecule has 0 amide bonds. The zero-order valence-electron chi connectivity index (χ0n) is 20.4. The molecule has 0 spiro atoms. The quantitative estimate of drug-likeness (QED) is 0.154. The monoisotopic (exact) mass is 550 g/mol. The number of hydrogen-bond acceptors (Lipinski definition) is 13. The van der Waals surface area contributed by atoms with Crippen LogP contribution in [0.15, 0.2) is 54.6 Å². The molecule has 10 atom stereocenters. The highest BCUT2D eigenvalue weighted by Crippen LogP contribution is 2.48. The van der Waals surface area contributed by atoms with Gasteiger partial charge in [-0.1, -0.05) is 54.6 Å². The molecule has 2 saturated heterocycles. The van der Waals surface area contributed by atoms with Crippen LogP contribution in [0, 0.1) is 0 Å². The lowest BCUT2D eigenvalue weighted by atomic mass is 9.76. The normalized spacial score (nSPS) is 40.7. The predicted octanol–water partition coefficient (Wildman–Crippen LogP) is -2.96. The maximum absolute atomic E-state index is 12.3. The van der Waals surface area contributed by atoms with E-state index >= 15 is 0 Å². The van der Waals surface area contributed by atoms with Crippen molar-refractivity contribution < 1.29 is 64.7 Å². The van der Waals surface area contributed by atoms with Crippen molar-refractivity contribution in [2.75, 3.05) is 13.2 Å². The first-order valence-corrected chi connectivity index (χ1v) is 12.0. The van der Waals surface area contributed by atoms with Gasteiger partial charge in [0, 0.05) is 16.7 Å². The van der Waals surface area contributed by atoms with Gasteiger partial charge in [-0.25, -0.2) is 0 Å². The van der Waals surface area contributed by atoms with E-state index in [-0.39, 0.29) is 23.0 Å². The van der Waals surface area contributed by atoms with Gasteiger partial charge in [-0.05, 0) is 0 Å². The van der Waals surface area contributed by atoms with Crippen molar-refractivity contribution in [2.24, 2.45) is 0 Å². The number of rotatable bonds is 8. The highest BCUT2D eigenvalue weighted by molar-refractivity contribution is 5.74. The maximum Gasteiger partial charge on any atom is 0.235 e. The van der Waals surface area contributed by atoms with Crippen molar-refractivity contribution in [3.63, 3.8) is 0 Å². The summed E-state index contributed by atoms with van der Waals surface area (Å²) in [4.78, 5) is 23.3. The summed E-state index contributed by atoms with van der Waals surface area (Å²) in [6.45, 7) is -1.82. The summed E-state index contributed by atoms with van der Waals surface area (Å²) in [7, 11) is 0. The summed E-state index contributed by atoms with van der Waals surface area (Å²) in [5.41, 5.74) is -2.98. The molecule has 8 N–H and O–H groups in total. The summed E-state index contributed by atoms with van der Waals surface area (Å²) >= 11 is 0. The van der Waals surface area contributed by atoms with Gasteiger partial charge >= 0.3 is 0 Å². The Labute approximate surface area is 222 Å². The molecule has 0 aromatic heterocycles. The Balaban J connectivity index is 1.80. The Morgan fingerprint density at radius 2 is 1.38 bits per heavy atom. The fraction of sp³-hybridized carbons (Fsp3) is 0.462. The molecular formula is C26H30O13. The number of aldehydes is 2. The highest BCUT2D eigenvalue weighted by Gasteiger charge is 2.68. The van der Waals surface area contributed by atoms with E-state index in [0.717, 1.165) is 0 Å². The first kappa shape index (κ1) is 29.3. The third-order valence-electron chi connectivity index (χ3n) is 7.21. The lowest BCUT2D eigenvalue weighted by Gasteiger charge is -2.56. The van der Waals surface area contributed by atoms with Gasteiger partial charge in [0.15, 0.2) is 6.29 Å². The van der Waals surface area contributed by atoms with Gasteiger partial charge in [0.25, 0.3) is 0 Å². The average Bonchev–Trinajstić information content (AvgIpc) is 2.97. The molecule has 2 aromatic rings. The third-order valence-corrected chi connectivity index (χ3v) is 7.21. The smallest absolute Gasteiger partial charge is 0.235 e. The predicted molar refractivity (Wildman–Crippen MR) is 128 cm³/mol. The minimum atomic E-state index is -3.05. The number of aliphatic hydroxyl groups is 8. The van der Waals surface area contributed by atoms with Crippen LogP contribution in [0.1, 0.15) is 21.5 Å². The van der Waals surface area contributed by atoms with E-state index < -0.39 is 73.1 Å². The molecule has 0 bridgehead atoms. The van der Waals surface area contributed by atoms with Gasteiger partial charge in [-0.3, -0.25) is 9.59 Å². The number of hydrogen-bond donors (Lipinski definition) is 8. The zero-order chi connectivity index (χ0) is 28.6. The van der Waals surface area contributed by atoms with Crippen LogP contribution in [0.4, 0.5) is 0 Å². The Bertz CT molecular complexity index is 1140. The molecule has 0 unspecified atom stereocenters. The highest BCUT2D eigenvalue weighted by atomic mass is 16.7. The molecule has 212 valence electrons. The summed E-state index contributed by atoms with van der Waals surface area (Å²) < 4.78 is 17.3. The van der Waals surface area contributed by atoms with Crippen LogP contribution >= 0.6 is 0 Å². The molecule has 13 heteroatoms. The fourth-order valence-electron chi connectivity index (χ4n) is 4.99. The summed E-state index contributed by atoms with van der Waals surface area (Å²) in [6.07, 6.45) is -13.1. The van der Waals surface area contributed by atoms with Crippen LogP contribution in [-0.4, -0.2) is 115 Å². The van der Waals surface area contributed by atoms with E-state index in [2.05, 4.69) is 0 Å². The number of benzene rings is 2. The second kappa shape index (κ2) is 11.1. The van der Waals surface area contributed by atoms with Crippen molar-refractivity contribution in [2.45, 2.75) is 59.9 Å². The first-order chi connectivity index (χ1) is 18.5. The first-order valence-electron chi connectivity index (χ1n) is 12.0. The Kier molecular flexibility index (Phi) is 8.33. The van der Waals surface area contributed by atoms with Gasteiger partial charge in [0.2, 0.25) is 17.2 Å². The number of ether oxygens (including phenoxy) is 3. The molecule has 0 aliphatic carbocycles. The van der Waals surface area contributed by atoms with Crippen LogP contribution in [0.2, 0.25) is 0 Å². The van der Waals surface area contributed by atoms with E-state index in [4.69, 9.17) is 14.2 Å². The molecular weight excluding hydrogens is 520 g/mol. The molecule has 0 saturated carbocycles. The zero-order valence-corrected chi connectivity index (χ0v) is 20.4. The van der Waals surface area contributed by atoms with Crippen LogP contribution in [0.3, 0.4) is 0 Å². The molecule has 2 fully saturated rings. The molecule has 0 radical (unpaired) electrons. The minimum Gasteiger partial charge on any atom is -0.394 e. The largest absolute Gasteiger partial charge is 0.394 e. The van der Waals surface area contributed by atoms with E-state index in [1.165, 1.54) is 48.5 Å². The van der Waals surface area contributed by atoms with Crippen molar-refractivity contribution in [3.8, 4) is 0 Å². The van der Waals surface area contributed by atoms with Crippen LogP contribution in [-0.2, 0) is 30.6 Å². The Hall–Kier alpha value is -2.66. The summed E-state index contributed by atoms with van der Waals surface area (Å²) in [6, 6.07) is 12.3. The topological polar surface area (TPSA) is 224 Å². The second-order valence-corrected chi connectivity index (χ2v) is 9.49. The van der Waals surface area contributed by atoms with Crippen molar-refractivity contribution in [1.29, 1.82) is 0 Å². The van der Waals surface area contributed by atoms with Gasteiger partial charge < -0.3 is 55.1 Å². The Morgan fingerprint density at radius 1 is 0.769 bits per heavy atom. The molecule has 2 aliphatic heterocycles. The van der Waals surface area contributed by atoms with Crippen molar-refractivity contribution >= 4 is 12.6 Å². The molecule has 2 aromatic carbocycles. The third kappa shape index (κ3) is 4.61. The van der Waals surface area contributed by atoms with E-state index in [9.17, 15) is 50.4 Å². The van der Waals surface area contributed by atoms with Gasteiger partial charge in [0.05, 0.1) is 13.2 Å². The molecule has 4 rings (SSSR count). The molecule has 13 nitrogen and oxygen atoms in total. The number of carbonyl (C=O) groups is 2. The van der Waals surface area contributed by atoms with Gasteiger partial charge in [-0.15, -0.1) is 0 Å². The van der Waals surface area contributed by atoms with Crippen LogP contribution in [0.25, 0.3) is 0 Å². The average molecular weight is 551 g/mol. The standard InChI is InChI=1S/C26H30O13/c27-10-14-6-8-15(9-7-14)25(36)23(34)20(32)21(18(12-29)37-25)39-26(16-4-2-1-3-5-16)24(35,13-30)22(33)19(31)17(11-28)38-26/h1-10,13,17-23,28-29,31-36H,11-12H2/t17-,18-,19-,20+,21-,22+,23-,24-,25-,26+/m1/s1. The molecule has 2 aliphatic rings. The second-order valence-electron chi connectivity index (χ2n) is 9.49. The number of aliphatic hydroxyl groups excluding tert-OH is 6. The van der Waals surface area contributed by atoms with Gasteiger partial charge in [0.1, 0.15) is 49.0 Å². The minimum absolute atomic E-state index is 0.0773. The summed E-state index contributed by atoms with van der Waals surface area (Å²) in [5.74, 6) is -5.34.